The number of piperazine rings is 1. The van der Waals surface area contributed by atoms with Gasteiger partial charge in [0.2, 0.25) is 0 Å². The molecule has 2 saturated carbocycles. The summed E-state index contributed by atoms with van der Waals surface area (Å²) in [6, 6.07) is 1.55. The molecule has 3 aliphatic rings. The van der Waals surface area contributed by atoms with E-state index in [1.54, 1.807) is 0 Å². The first-order valence-corrected chi connectivity index (χ1v) is 8.94. The second-order valence-corrected chi connectivity index (χ2v) is 8.75. The zero-order valence-electron chi connectivity index (χ0n) is 14.0. The van der Waals surface area contributed by atoms with Gasteiger partial charge in [0.15, 0.2) is 0 Å². The summed E-state index contributed by atoms with van der Waals surface area (Å²) in [5, 5.41) is 3.97. The molecule has 1 heterocycles. The van der Waals surface area contributed by atoms with Crippen LogP contribution in [0.5, 0.6) is 0 Å². The monoisotopic (exact) mass is 278 g/mol. The summed E-state index contributed by atoms with van der Waals surface area (Å²) in [5.74, 6) is 0.762. The lowest BCUT2D eigenvalue weighted by Gasteiger charge is -2.52. The summed E-state index contributed by atoms with van der Waals surface area (Å²) < 4.78 is 0. The molecule has 1 aliphatic heterocycles. The van der Waals surface area contributed by atoms with Crippen LogP contribution in [0.4, 0.5) is 0 Å². The molecule has 2 unspecified atom stereocenters. The van der Waals surface area contributed by atoms with Crippen LogP contribution >= 0.6 is 0 Å². The maximum Gasteiger partial charge on any atom is 0.0309 e. The fourth-order valence-electron chi connectivity index (χ4n) is 5.23. The fourth-order valence-corrected chi connectivity index (χ4v) is 5.23. The summed E-state index contributed by atoms with van der Waals surface area (Å²) in [5.41, 5.74) is 0.980. The van der Waals surface area contributed by atoms with Crippen LogP contribution in [-0.4, -0.2) is 35.6 Å². The third-order valence-corrected chi connectivity index (χ3v) is 6.53. The van der Waals surface area contributed by atoms with Crippen molar-refractivity contribution in [2.75, 3.05) is 13.1 Å². The van der Waals surface area contributed by atoms with E-state index in [0.717, 1.165) is 18.0 Å². The molecular formula is C18H34N2. The van der Waals surface area contributed by atoms with Crippen molar-refractivity contribution >= 4 is 0 Å². The number of hydrogen-bond acceptors (Lipinski definition) is 2. The van der Waals surface area contributed by atoms with Crippen molar-refractivity contribution in [2.24, 2.45) is 11.3 Å². The van der Waals surface area contributed by atoms with Crippen LogP contribution < -0.4 is 5.32 Å². The van der Waals surface area contributed by atoms with Crippen molar-refractivity contribution in [1.82, 2.24) is 10.2 Å². The highest BCUT2D eigenvalue weighted by Crippen LogP contribution is 2.44. The Hall–Kier alpha value is -0.0800. The van der Waals surface area contributed by atoms with E-state index >= 15 is 0 Å². The molecule has 0 bridgehead atoms. The van der Waals surface area contributed by atoms with Crippen molar-refractivity contribution < 1.29 is 0 Å². The van der Waals surface area contributed by atoms with Crippen LogP contribution in [0, 0.1) is 11.3 Å². The zero-order valence-corrected chi connectivity index (χ0v) is 14.0. The van der Waals surface area contributed by atoms with Crippen LogP contribution in [0.2, 0.25) is 0 Å². The van der Waals surface area contributed by atoms with Gasteiger partial charge >= 0.3 is 0 Å². The molecule has 2 heteroatoms. The van der Waals surface area contributed by atoms with Gasteiger partial charge in [0.1, 0.15) is 0 Å². The van der Waals surface area contributed by atoms with Gasteiger partial charge in [0.25, 0.3) is 0 Å². The molecule has 0 aromatic heterocycles. The predicted octanol–water partition coefficient (Wildman–Crippen LogP) is 3.81. The number of nitrogens with one attached hydrogen (secondary N) is 1. The maximum absolute atomic E-state index is 3.97. The Bertz CT molecular complexity index is 341. The molecule has 1 N–H and O–H groups in total. The van der Waals surface area contributed by atoms with Crippen molar-refractivity contribution in [1.29, 1.82) is 0 Å². The second kappa shape index (κ2) is 5.28. The Morgan fingerprint density at radius 2 is 1.75 bits per heavy atom. The lowest BCUT2D eigenvalue weighted by atomic mass is 9.81. The summed E-state index contributed by atoms with van der Waals surface area (Å²) in [6.07, 6.45) is 9.94. The molecule has 3 rings (SSSR count). The quantitative estimate of drug-likeness (QED) is 0.826. The van der Waals surface area contributed by atoms with Crippen molar-refractivity contribution in [2.45, 2.75) is 90.3 Å². The molecule has 3 fully saturated rings. The minimum Gasteiger partial charge on any atom is -0.308 e. The third kappa shape index (κ3) is 2.54. The highest BCUT2D eigenvalue weighted by molar-refractivity contribution is 5.05. The first-order valence-electron chi connectivity index (χ1n) is 8.94. The van der Waals surface area contributed by atoms with E-state index in [9.17, 15) is 0 Å². The maximum atomic E-state index is 3.97. The first kappa shape index (κ1) is 14.8. The Labute approximate surface area is 125 Å². The summed E-state index contributed by atoms with van der Waals surface area (Å²) in [4.78, 5) is 2.94. The van der Waals surface area contributed by atoms with E-state index in [-0.39, 0.29) is 0 Å². The normalized spacial score (nSPS) is 37.0. The van der Waals surface area contributed by atoms with Crippen LogP contribution in [0.25, 0.3) is 0 Å². The largest absolute Gasteiger partial charge is 0.308 e. The Morgan fingerprint density at radius 3 is 2.30 bits per heavy atom. The molecule has 116 valence electrons. The Morgan fingerprint density at radius 1 is 1.05 bits per heavy atom. The zero-order chi connectivity index (χ0) is 14.4. The summed E-state index contributed by atoms with van der Waals surface area (Å²) in [7, 11) is 0. The van der Waals surface area contributed by atoms with Crippen LogP contribution in [0.3, 0.4) is 0 Å². The lowest BCUT2D eigenvalue weighted by Crippen LogP contribution is -2.67. The molecular weight excluding hydrogens is 244 g/mol. The van der Waals surface area contributed by atoms with E-state index in [0.29, 0.717) is 11.0 Å². The fraction of sp³-hybridized carbons (Fsp3) is 1.00. The van der Waals surface area contributed by atoms with Gasteiger partial charge in [-0.2, -0.15) is 0 Å². The van der Waals surface area contributed by atoms with E-state index in [1.165, 1.54) is 58.0 Å². The molecule has 20 heavy (non-hydrogen) atoms. The summed E-state index contributed by atoms with van der Waals surface area (Å²) >= 11 is 0. The van der Waals surface area contributed by atoms with Crippen molar-refractivity contribution in [3.05, 3.63) is 0 Å². The first-order chi connectivity index (χ1) is 9.44. The average molecular weight is 278 g/mol. The van der Waals surface area contributed by atoms with Gasteiger partial charge in [-0.15, -0.1) is 0 Å². The topological polar surface area (TPSA) is 15.3 Å². The highest BCUT2D eigenvalue weighted by atomic mass is 15.3. The molecule has 2 aliphatic carbocycles. The van der Waals surface area contributed by atoms with Gasteiger partial charge in [-0.05, 0) is 37.0 Å². The Balaban J connectivity index is 1.82. The SMILES string of the molecule is CC(C)C1CNC2(CCCC2)CN1C1CCCC1(C)C. The molecule has 1 spiro atoms. The van der Waals surface area contributed by atoms with Gasteiger partial charge < -0.3 is 5.32 Å². The number of nitrogens with zero attached hydrogens (tertiary/aromatic N) is 1. The molecule has 1 saturated heterocycles. The van der Waals surface area contributed by atoms with Crippen LogP contribution in [0.15, 0.2) is 0 Å². The predicted molar refractivity (Wildman–Crippen MR) is 86.0 cm³/mol. The van der Waals surface area contributed by atoms with Crippen LogP contribution in [-0.2, 0) is 0 Å². The smallest absolute Gasteiger partial charge is 0.0309 e. The standard InChI is InChI=1S/C18H34N2/c1-14(2)15-12-19-18(10-5-6-11-18)13-20(15)16-8-7-9-17(16,3)4/h14-16,19H,5-13H2,1-4H3. The lowest BCUT2D eigenvalue weighted by molar-refractivity contribution is -0.00946. The molecule has 2 nitrogen and oxygen atoms in total. The molecule has 0 aromatic carbocycles. The van der Waals surface area contributed by atoms with E-state index in [4.69, 9.17) is 0 Å². The van der Waals surface area contributed by atoms with E-state index < -0.39 is 0 Å². The summed E-state index contributed by atoms with van der Waals surface area (Å²) in [6.45, 7) is 12.4. The van der Waals surface area contributed by atoms with Gasteiger partial charge in [0.05, 0.1) is 0 Å². The second-order valence-electron chi connectivity index (χ2n) is 8.75. The molecule has 0 radical (unpaired) electrons. The average Bonchev–Trinajstić information content (AvgIpc) is 2.95. The number of rotatable bonds is 2. The van der Waals surface area contributed by atoms with Gasteiger partial charge in [-0.1, -0.05) is 47.0 Å². The van der Waals surface area contributed by atoms with Crippen LogP contribution in [0.1, 0.15) is 72.6 Å². The number of hydrogen-bond donors (Lipinski definition) is 1. The van der Waals surface area contributed by atoms with Crippen molar-refractivity contribution in [3.8, 4) is 0 Å². The molecule has 0 amide bonds. The van der Waals surface area contributed by atoms with E-state index in [1.807, 2.05) is 0 Å². The van der Waals surface area contributed by atoms with Gasteiger partial charge in [0, 0.05) is 30.7 Å². The highest BCUT2D eigenvalue weighted by Gasteiger charge is 2.48. The van der Waals surface area contributed by atoms with Gasteiger partial charge in [-0.3, -0.25) is 4.90 Å². The molecule has 2 atom stereocenters. The molecule has 0 aromatic rings. The minimum absolute atomic E-state index is 0.462. The third-order valence-electron chi connectivity index (χ3n) is 6.53. The Kier molecular flexibility index (Phi) is 3.92. The van der Waals surface area contributed by atoms with Gasteiger partial charge in [-0.25, -0.2) is 0 Å². The minimum atomic E-state index is 0.462. The van der Waals surface area contributed by atoms with E-state index in [2.05, 4.69) is 37.9 Å². The van der Waals surface area contributed by atoms with Crippen molar-refractivity contribution in [3.63, 3.8) is 0 Å².